The van der Waals surface area contributed by atoms with E-state index in [2.05, 4.69) is 0 Å². The Morgan fingerprint density at radius 2 is 2.15 bits per heavy atom. The molecule has 0 amide bonds. The number of nitrogens with zero attached hydrogens (tertiary/aromatic N) is 2. The van der Waals surface area contributed by atoms with E-state index in [1.165, 1.54) is 12.1 Å². The Labute approximate surface area is 122 Å². The number of hydrogen-bond donors (Lipinski definition) is 1. The first-order chi connectivity index (χ1) is 9.27. The molecular formula is C13H17ClN2O4. The van der Waals surface area contributed by atoms with Gasteiger partial charge in [-0.15, -0.1) is 0 Å². The van der Waals surface area contributed by atoms with Crippen molar-refractivity contribution in [2.75, 3.05) is 11.4 Å². The number of carboxylic acid groups (broad SMARTS) is 1. The highest BCUT2D eigenvalue weighted by Crippen LogP contribution is 2.33. The number of aryl methyl sites for hydroxylation is 1. The zero-order valence-corrected chi connectivity index (χ0v) is 12.3. The summed E-state index contributed by atoms with van der Waals surface area (Å²) in [7, 11) is 0. The van der Waals surface area contributed by atoms with Gasteiger partial charge in [-0.3, -0.25) is 14.9 Å². The monoisotopic (exact) mass is 300 g/mol. The van der Waals surface area contributed by atoms with Gasteiger partial charge in [-0.25, -0.2) is 0 Å². The summed E-state index contributed by atoms with van der Waals surface area (Å²) in [6, 6.07) is 2.71. The molecule has 0 saturated carbocycles. The van der Waals surface area contributed by atoms with Crippen LogP contribution in [-0.2, 0) is 4.79 Å². The highest BCUT2D eigenvalue weighted by molar-refractivity contribution is 6.33. The van der Waals surface area contributed by atoms with Gasteiger partial charge in [-0.1, -0.05) is 11.6 Å². The van der Waals surface area contributed by atoms with Crippen LogP contribution in [0.4, 0.5) is 11.4 Å². The Balaban J connectivity index is 3.19. The molecule has 0 aromatic heterocycles. The molecule has 7 heteroatoms. The third-order valence-electron chi connectivity index (χ3n) is 3.11. The fourth-order valence-electron chi connectivity index (χ4n) is 2.19. The van der Waals surface area contributed by atoms with Crippen LogP contribution in [0.15, 0.2) is 12.1 Å². The summed E-state index contributed by atoms with van der Waals surface area (Å²) < 4.78 is 0. The van der Waals surface area contributed by atoms with Crippen LogP contribution in [0.2, 0.25) is 5.02 Å². The molecule has 0 aliphatic heterocycles. The summed E-state index contributed by atoms with van der Waals surface area (Å²) >= 11 is 5.92. The van der Waals surface area contributed by atoms with E-state index in [4.69, 9.17) is 16.7 Å². The lowest BCUT2D eigenvalue weighted by Crippen LogP contribution is -2.35. The number of nitro benzene ring substituents is 1. The van der Waals surface area contributed by atoms with E-state index in [0.717, 1.165) is 5.69 Å². The van der Waals surface area contributed by atoms with Crippen LogP contribution < -0.4 is 4.90 Å². The zero-order chi connectivity index (χ0) is 15.4. The molecule has 0 bridgehead atoms. The van der Waals surface area contributed by atoms with Crippen molar-refractivity contribution in [2.24, 2.45) is 0 Å². The van der Waals surface area contributed by atoms with Crippen LogP contribution in [0.25, 0.3) is 0 Å². The predicted octanol–water partition coefficient (Wildman–Crippen LogP) is 3.25. The lowest BCUT2D eigenvalue weighted by Gasteiger charge is -2.30. The van der Waals surface area contributed by atoms with Crippen molar-refractivity contribution in [3.8, 4) is 0 Å². The molecule has 0 radical (unpaired) electrons. The summed E-state index contributed by atoms with van der Waals surface area (Å²) in [5.74, 6) is -0.887. The van der Waals surface area contributed by atoms with Gasteiger partial charge in [0.05, 0.1) is 11.3 Å². The van der Waals surface area contributed by atoms with Gasteiger partial charge in [-0.05, 0) is 32.4 Å². The summed E-state index contributed by atoms with van der Waals surface area (Å²) in [6.07, 6.45) is -0.0120. The van der Waals surface area contributed by atoms with E-state index in [1.807, 2.05) is 11.8 Å². The molecule has 1 unspecified atom stereocenters. The van der Waals surface area contributed by atoms with Gasteiger partial charge in [0, 0.05) is 24.3 Å². The number of carboxylic acids is 1. The minimum atomic E-state index is -0.887. The molecule has 0 fully saturated rings. The van der Waals surface area contributed by atoms with Crippen LogP contribution in [-0.4, -0.2) is 28.6 Å². The van der Waals surface area contributed by atoms with Crippen molar-refractivity contribution < 1.29 is 14.8 Å². The summed E-state index contributed by atoms with van der Waals surface area (Å²) in [5, 5.41) is 19.8. The van der Waals surface area contributed by atoms with Gasteiger partial charge in [0.2, 0.25) is 0 Å². The van der Waals surface area contributed by atoms with Crippen molar-refractivity contribution in [3.63, 3.8) is 0 Å². The molecule has 1 rings (SSSR count). The van der Waals surface area contributed by atoms with Crippen LogP contribution in [0.1, 0.15) is 25.8 Å². The smallest absolute Gasteiger partial charge is 0.305 e. The largest absolute Gasteiger partial charge is 0.481 e. The number of benzene rings is 1. The van der Waals surface area contributed by atoms with Crippen molar-refractivity contribution in [3.05, 3.63) is 32.8 Å². The number of halogens is 1. The summed E-state index contributed by atoms with van der Waals surface area (Å²) in [6.45, 7) is 6.03. The normalized spacial score (nSPS) is 12.0. The molecule has 0 aliphatic rings. The summed E-state index contributed by atoms with van der Waals surface area (Å²) in [5.41, 5.74) is 1.27. The standard InChI is InChI=1S/C13H17ClN2O4/c1-4-15(9(3)6-13(17)18)11-7-10(14)12(16(19)20)5-8(11)2/h5,7,9H,4,6H2,1-3H3,(H,17,18). The van der Waals surface area contributed by atoms with E-state index in [-0.39, 0.29) is 23.2 Å². The molecule has 110 valence electrons. The van der Waals surface area contributed by atoms with E-state index in [9.17, 15) is 14.9 Å². The Bertz CT molecular complexity index is 533. The molecule has 20 heavy (non-hydrogen) atoms. The van der Waals surface area contributed by atoms with Crippen LogP contribution in [0.5, 0.6) is 0 Å². The second-order valence-corrected chi connectivity index (χ2v) is 4.99. The lowest BCUT2D eigenvalue weighted by atomic mass is 10.1. The third-order valence-corrected chi connectivity index (χ3v) is 3.42. The van der Waals surface area contributed by atoms with Crippen molar-refractivity contribution in [1.82, 2.24) is 0 Å². The molecule has 1 aromatic rings. The third kappa shape index (κ3) is 3.60. The SMILES string of the molecule is CCN(c1cc(Cl)c([N+](=O)[O-])cc1C)C(C)CC(=O)O. The Kier molecular flexibility index (Phi) is 5.33. The highest BCUT2D eigenvalue weighted by Gasteiger charge is 2.21. The first kappa shape index (κ1) is 16.2. The lowest BCUT2D eigenvalue weighted by molar-refractivity contribution is -0.384. The maximum atomic E-state index is 10.8. The maximum absolute atomic E-state index is 10.8. The van der Waals surface area contributed by atoms with Gasteiger partial charge < -0.3 is 10.0 Å². The van der Waals surface area contributed by atoms with Crippen LogP contribution >= 0.6 is 11.6 Å². The predicted molar refractivity (Wildman–Crippen MR) is 77.6 cm³/mol. The Morgan fingerprint density at radius 3 is 2.60 bits per heavy atom. The second-order valence-electron chi connectivity index (χ2n) is 4.58. The van der Waals surface area contributed by atoms with Crippen molar-refractivity contribution >= 4 is 28.9 Å². The van der Waals surface area contributed by atoms with Crippen molar-refractivity contribution in [1.29, 1.82) is 0 Å². The molecule has 0 saturated heterocycles. The molecule has 0 spiro atoms. The van der Waals surface area contributed by atoms with E-state index < -0.39 is 10.9 Å². The average Bonchev–Trinajstić information content (AvgIpc) is 2.32. The van der Waals surface area contributed by atoms with E-state index >= 15 is 0 Å². The molecule has 1 atom stereocenters. The molecule has 0 heterocycles. The Hall–Kier alpha value is -1.82. The number of hydrogen-bond acceptors (Lipinski definition) is 4. The average molecular weight is 301 g/mol. The fourth-order valence-corrected chi connectivity index (χ4v) is 2.41. The maximum Gasteiger partial charge on any atom is 0.305 e. The minimum Gasteiger partial charge on any atom is -0.481 e. The number of anilines is 1. The van der Waals surface area contributed by atoms with Gasteiger partial charge in [0.25, 0.3) is 5.69 Å². The number of nitro groups is 1. The fraction of sp³-hybridized carbons (Fsp3) is 0.462. The molecule has 0 aliphatic carbocycles. The van der Waals surface area contributed by atoms with E-state index in [1.54, 1.807) is 13.8 Å². The quantitative estimate of drug-likeness (QED) is 0.644. The molecule has 1 N–H and O–H groups in total. The number of carbonyl (C=O) groups is 1. The minimum absolute atomic E-state index is 0.0120. The first-order valence-corrected chi connectivity index (χ1v) is 6.58. The van der Waals surface area contributed by atoms with Gasteiger partial charge in [0.15, 0.2) is 0 Å². The number of rotatable bonds is 6. The Morgan fingerprint density at radius 1 is 1.55 bits per heavy atom. The van der Waals surface area contributed by atoms with Crippen LogP contribution in [0, 0.1) is 17.0 Å². The van der Waals surface area contributed by atoms with Gasteiger partial charge >= 0.3 is 5.97 Å². The summed E-state index contributed by atoms with van der Waals surface area (Å²) in [4.78, 5) is 23.0. The van der Waals surface area contributed by atoms with Crippen molar-refractivity contribution in [2.45, 2.75) is 33.2 Å². The second kappa shape index (κ2) is 6.56. The number of aliphatic carboxylic acids is 1. The van der Waals surface area contributed by atoms with Gasteiger partial charge in [0.1, 0.15) is 5.02 Å². The molecular weight excluding hydrogens is 284 g/mol. The van der Waals surface area contributed by atoms with Crippen LogP contribution in [0.3, 0.4) is 0 Å². The van der Waals surface area contributed by atoms with E-state index in [0.29, 0.717) is 12.1 Å². The topological polar surface area (TPSA) is 83.7 Å². The zero-order valence-electron chi connectivity index (χ0n) is 11.6. The molecule has 1 aromatic carbocycles. The van der Waals surface area contributed by atoms with Gasteiger partial charge in [-0.2, -0.15) is 0 Å². The molecule has 6 nitrogen and oxygen atoms in total. The first-order valence-electron chi connectivity index (χ1n) is 6.20. The highest BCUT2D eigenvalue weighted by atomic mass is 35.5.